The van der Waals surface area contributed by atoms with Crippen molar-refractivity contribution >= 4 is 24.0 Å². The summed E-state index contributed by atoms with van der Waals surface area (Å²) in [4.78, 5) is 12.7. The molecule has 4 heteroatoms. The highest BCUT2D eigenvalue weighted by molar-refractivity contribution is 5.85. The van der Waals surface area contributed by atoms with Crippen LogP contribution in [0.1, 0.15) is 68.5 Å². The van der Waals surface area contributed by atoms with Crippen LogP contribution in [0.2, 0.25) is 0 Å². The Hall–Kier alpha value is -1.22. The molecule has 3 aliphatic rings. The number of anilines is 1. The number of rotatable bonds is 3. The van der Waals surface area contributed by atoms with E-state index in [1.807, 2.05) is 6.07 Å². The summed E-state index contributed by atoms with van der Waals surface area (Å²) in [7, 11) is 0. The summed E-state index contributed by atoms with van der Waals surface area (Å²) in [6.45, 7) is 0. The zero-order valence-corrected chi connectivity index (χ0v) is 15.1. The summed E-state index contributed by atoms with van der Waals surface area (Å²) in [6, 6.07) is 6.35. The molecule has 3 nitrogen and oxygen atoms in total. The third-order valence-corrected chi connectivity index (χ3v) is 6.23. The van der Waals surface area contributed by atoms with Crippen LogP contribution in [0.3, 0.4) is 0 Å². The molecule has 0 radical (unpaired) electrons. The van der Waals surface area contributed by atoms with Gasteiger partial charge in [-0.2, -0.15) is 0 Å². The molecule has 1 aromatic carbocycles. The van der Waals surface area contributed by atoms with E-state index in [0.29, 0.717) is 11.8 Å². The topological polar surface area (TPSA) is 55.1 Å². The Morgan fingerprint density at radius 2 is 1.88 bits per heavy atom. The molecule has 3 aliphatic carbocycles. The second-order valence-corrected chi connectivity index (χ2v) is 7.82. The fourth-order valence-corrected chi connectivity index (χ4v) is 4.86. The van der Waals surface area contributed by atoms with Gasteiger partial charge in [0.2, 0.25) is 5.91 Å². The summed E-state index contributed by atoms with van der Waals surface area (Å²) in [6.07, 6.45) is 11.2. The number of hydrogen-bond acceptors (Lipinski definition) is 2. The normalized spacial score (nSPS) is 29.2. The number of halogens is 1. The number of fused-ring (bicyclic) bond motifs is 1. The first kappa shape index (κ1) is 17.6. The van der Waals surface area contributed by atoms with Crippen molar-refractivity contribution < 1.29 is 4.79 Å². The van der Waals surface area contributed by atoms with E-state index in [9.17, 15) is 4.79 Å². The first-order valence-electron chi connectivity index (χ1n) is 9.41. The summed E-state index contributed by atoms with van der Waals surface area (Å²) >= 11 is 0. The standard InChI is InChI=1S/C20H28N2O.ClH/c21-15-9-10-16-14(11-15)7-4-8-19(16)22-20(23)18-12-17(18)13-5-2-1-3-6-13;/h9-11,13,17-19H,1-8,12,21H2,(H,22,23);1H. The molecule has 0 spiro atoms. The Morgan fingerprint density at radius 3 is 2.67 bits per heavy atom. The molecule has 0 aliphatic heterocycles. The minimum absolute atomic E-state index is 0. The van der Waals surface area contributed by atoms with Gasteiger partial charge in [0.05, 0.1) is 6.04 Å². The van der Waals surface area contributed by atoms with Crippen molar-refractivity contribution in [1.29, 1.82) is 0 Å². The van der Waals surface area contributed by atoms with Crippen LogP contribution in [0.5, 0.6) is 0 Å². The average molecular weight is 349 g/mol. The number of nitrogens with two attached hydrogens (primary N) is 1. The molecule has 24 heavy (non-hydrogen) atoms. The van der Waals surface area contributed by atoms with E-state index in [1.54, 1.807) is 0 Å². The van der Waals surface area contributed by atoms with Gasteiger partial charge in [-0.25, -0.2) is 0 Å². The first-order valence-corrected chi connectivity index (χ1v) is 9.41. The Balaban J connectivity index is 0.00000169. The maximum Gasteiger partial charge on any atom is 0.223 e. The highest BCUT2D eigenvalue weighted by atomic mass is 35.5. The van der Waals surface area contributed by atoms with Crippen LogP contribution in [-0.2, 0) is 11.2 Å². The zero-order chi connectivity index (χ0) is 15.8. The van der Waals surface area contributed by atoms with Crippen LogP contribution < -0.4 is 11.1 Å². The van der Waals surface area contributed by atoms with E-state index in [-0.39, 0.29) is 24.4 Å². The Morgan fingerprint density at radius 1 is 1.08 bits per heavy atom. The van der Waals surface area contributed by atoms with Gasteiger partial charge in [0, 0.05) is 11.6 Å². The zero-order valence-electron chi connectivity index (χ0n) is 14.3. The molecule has 0 aromatic heterocycles. The van der Waals surface area contributed by atoms with Gasteiger partial charge in [0.15, 0.2) is 0 Å². The van der Waals surface area contributed by atoms with E-state index >= 15 is 0 Å². The lowest BCUT2D eigenvalue weighted by Gasteiger charge is -2.27. The molecule has 3 atom stereocenters. The molecule has 2 fully saturated rings. The van der Waals surface area contributed by atoms with Gasteiger partial charge in [-0.05, 0) is 60.8 Å². The fraction of sp³-hybridized carbons (Fsp3) is 0.650. The predicted molar refractivity (Wildman–Crippen MR) is 100 cm³/mol. The van der Waals surface area contributed by atoms with E-state index < -0.39 is 0 Å². The quantitative estimate of drug-likeness (QED) is 0.795. The third kappa shape index (κ3) is 3.56. The monoisotopic (exact) mass is 348 g/mol. The number of amides is 1. The number of nitrogen functional groups attached to an aromatic ring is 1. The number of carbonyl (C=O) groups is 1. The van der Waals surface area contributed by atoms with Crippen LogP contribution in [0.4, 0.5) is 5.69 Å². The average Bonchev–Trinajstić information content (AvgIpc) is 3.36. The van der Waals surface area contributed by atoms with Crippen molar-refractivity contribution in [2.45, 2.75) is 63.8 Å². The second kappa shape index (κ2) is 7.35. The van der Waals surface area contributed by atoms with Crippen molar-refractivity contribution in [2.75, 3.05) is 5.73 Å². The van der Waals surface area contributed by atoms with Gasteiger partial charge in [0.25, 0.3) is 0 Å². The SMILES string of the molecule is Cl.Nc1ccc2c(c1)CCCC2NC(=O)C1CC1C1CCCCC1. The molecule has 1 amide bonds. The smallest absolute Gasteiger partial charge is 0.223 e. The lowest BCUT2D eigenvalue weighted by atomic mass is 9.85. The Kier molecular flexibility index (Phi) is 5.39. The number of hydrogen-bond donors (Lipinski definition) is 2. The lowest BCUT2D eigenvalue weighted by Crippen LogP contribution is -2.33. The highest BCUT2D eigenvalue weighted by Crippen LogP contribution is 2.49. The largest absolute Gasteiger partial charge is 0.399 e. The molecule has 0 saturated heterocycles. The number of carbonyl (C=O) groups excluding carboxylic acids is 1. The van der Waals surface area contributed by atoms with E-state index in [4.69, 9.17) is 5.73 Å². The fourth-order valence-electron chi connectivity index (χ4n) is 4.86. The van der Waals surface area contributed by atoms with E-state index in [1.165, 1.54) is 43.2 Å². The maximum atomic E-state index is 12.7. The molecule has 2 saturated carbocycles. The number of nitrogens with one attached hydrogen (secondary N) is 1. The minimum Gasteiger partial charge on any atom is -0.399 e. The van der Waals surface area contributed by atoms with Gasteiger partial charge in [-0.1, -0.05) is 38.2 Å². The van der Waals surface area contributed by atoms with Crippen molar-refractivity contribution in [3.05, 3.63) is 29.3 Å². The summed E-state index contributed by atoms with van der Waals surface area (Å²) in [5, 5.41) is 3.35. The van der Waals surface area contributed by atoms with Crippen molar-refractivity contribution in [2.24, 2.45) is 17.8 Å². The first-order chi connectivity index (χ1) is 11.2. The van der Waals surface area contributed by atoms with Crippen molar-refractivity contribution in [3.8, 4) is 0 Å². The third-order valence-electron chi connectivity index (χ3n) is 6.23. The molecule has 3 N–H and O–H groups in total. The summed E-state index contributed by atoms with van der Waals surface area (Å²) in [5.74, 6) is 2.08. The van der Waals surface area contributed by atoms with Gasteiger partial charge in [-0.15, -0.1) is 12.4 Å². The molecule has 4 rings (SSSR count). The summed E-state index contributed by atoms with van der Waals surface area (Å²) in [5.41, 5.74) is 9.34. The number of aryl methyl sites for hydroxylation is 1. The van der Waals surface area contributed by atoms with E-state index in [2.05, 4.69) is 17.4 Å². The Bertz CT molecular complexity index is 597. The van der Waals surface area contributed by atoms with Crippen LogP contribution >= 0.6 is 12.4 Å². The van der Waals surface area contributed by atoms with Crippen molar-refractivity contribution in [3.63, 3.8) is 0 Å². The van der Waals surface area contributed by atoms with E-state index in [0.717, 1.165) is 37.3 Å². The number of benzene rings is 1. The molecule has 0 heterocycles. The lowest BCUT2D eigenvalue weighted by molar-refractivity contribution is -0.123. The predicted octanol–water partition coefficient (Wildman–Crippen LogP) is 4.40. The van der Waals surface area contributed by atoms with Crippen LogP contribution in [0, 0.1) is 17.8 Å². The molecule has 0 bridgehead atoms. The van der Waals surface area contributed by atoms with Gasteiger partial charge in [-0.3, -0.25) is 4.79 Å². The molecule has 1 aromatic rings. The van der Waals surface area contributed by atoms with Gasteiger partial charge in [0.1, 0.15) is 0 Å². The van der Waals surface area contributed by atoms with Crippen LogP contribution in [0.15, 0.2) is 18.2 Å². The van der Waals surface area contributed by atoms with Gasteiger partial charge >= 0.3 is 0 Å². The highest BCUT2D eigenvalue weighted by Gasteiger charge is 2.47. The minimum atomic E-state index is 0. The molecular weight excluding hydrogens is 320 g/mol. The Labute approximate surface area is 151 Å². The van der Waals surface area contributed by atoms with Crippen LogP contribution in [0.25, 0.3) is 0 Å². The second-order valence-electron chi connectivity index (χ2n) is 7.82. The van der Waals surface area contributed by atoms with Gasteiger partial charge < -0.3 is 11.1 Å². The maximum absolute atomic E-state index is 12.7. The van der Waals surface area contributed by atoms with Crippen LogP contribution in [-0.4, -0.2) is 5.91 Å². The molecule has 3 unspecified atom stereocenters. The molecular formula is C20H29ClN2O. The van der Waals surface area contributed by atoms with Crippen molar-refractivity contribution in [1.82, 2.24) is 5.32 Å². The molecule has 132 valence electrons. The summed E-state index contributed by atoms with van der Waals surface area (Å²) < 4.78 is 0.